The van der Waals surface area contributed by atoms with E-state index in [0.29, 0.717) is 24.5 Å². The number of nitrogens with zero attached hydrogens (tertiary/aromatic N) is 2. The van der Waals surface area contributed by atoms with Gasteiger partial charge in [-0.1, -0.05) is 6.42 Å². The lowest BCUT2D eigenvalue weighted by molar-refractivity contribution is -0.134. The zero-order chi connectivity index (χ0) is 13.7. The molecule has 0 atom stereocenters. The average Bonchev–Trinajstić information content (AvgIpc) is 2.58. The quantitative estimate of drug-likeness (QED) is 0.883. The molecule has 0 aromatic carbocycles. The maximum Gasteiger partial charge on any atom is 0.244 e. The third-order valence-electron chi connectivity index (χ3n) is 3.08. The topological polar surface area (TPSA) is 88.3 Å². The highest BCUT2D eigenvalue weighted by Gasteiger charge is 2.19. The van der Waals surface area contributed by atoms with Gasteiger partial charge in [-0.05, 0) is 25.0 Å². The van der Waals surface area contributed by atoms with Crippen LogP contribution in [0.2, 0.25) is 0 Å². The first kappa shape index (κ1) is 16.2. The Labute approximate surface area is 124 Å². The monoisotopic (exact) mass is 298 g/mol. The molecule has 1 aromatic heterocycles. The second kappa shape index (κ2) is 7.69. The second-order valence-corrected chi connectivity index (χ2v) is 4.65. The molecule has 2 rings (SSSR count). The maximum absolute atomic E-state index is 11.9. The van der Waals surface area contributed by atoms with Gasteiger partial charge >= 0.3 is 0 Å². The van der Waals surface area contributed by atoms with E-state index in [1.54, 1.807) is 17.0 Å². The molecule has 0 unspecified atom stereocenters. The fourth-order valence-corrected chi connectivity index (χ4v) is 2.06. The van der Waals surface area contributed by atoms with Crippen molar-refractivity contribution in [1.82, 2.24) is 9.88 Å². The lowest BCUT2D eigenvalue weighted by Crippen LogP contribution is -2.37. The standard InChI is InChI=1S/C13H18N4O2.ClH/c14-11-6-5-10(8-15-11)16-12(18)9-17-7-3-1-2-4-13(17)19;/h5-6,8H,1-4,7,9H2,(H2,14,15)(H,16,18);1H. The van der Waals surface area contributed by atoms with Crippen LogP contribution in [0.4, 0.5) is 11.5 Å². The lowest BCUT2D eigenvalue weighted by atomic mass is 10.2. The molecule has 20 heavy (non-hydrogen) atoms. The molecule has 1 aliphatic heterocycles. The molecule has 2 amide bonds. The summed E-state index contributed by atoms with van der Waals surface area (Å²) in [6, 6.07) is 3.30. The van der Waals surface area contributed by atoms with E-state index in [9.17, 15) is 9.59 Å². The molecular formula is C13H19ClN4O2. The van der Waals surface area contributed by atoms with Gasteiger partial charge in [0.25, 0.3) is 0 Å². The number of rotatable bonds is 3. The van der Waals surface area contributed by atoms with Gasteiger partial charge in [-0.2, -0.15) is 0 Å². The molecule has 0 bridgehead atoms. The van der Waals surface area contributed by atoms with Crippen LogP contribution in [0, 0.1) is 0 Å². The Hall–Kier alpha value is -1.82. The minimum atomic E-state index is -0.207. The summed E-state index contributed by atoms with van der Waals surface area (Å²) in [7, 11) is 0. The van der Waals surface area contributed by atoms with Crippen LogP contribution in [0.15, 0.2) is 18.3 Å². The predicted molar refractivity (Wildman–Crippen MR) is 79.6 cm³/mol. The zero-order valence-corrected chi connectivity index (χ0v) is 12.0. The molecule has 0 spiro atoms. The van der Waals surface area contributed by atoms with Gasteiger partial charge in [-0.25, -0.2) is 4.98 Å². The number of carbonyl (C=O) groups excluding carboxylic acids is 2. The molecule has 0 saturated carbocycles. The Bertz CT molecular complexity index is 464. The van der Waals surface area contributed by atoms with Crippen molar-refractivity contribution in [3.63, 3.8) is 0 Å². The van der Waals surface area contributed by atoms with E-state index in [1.807, 2.05) is 0 Å². The zero-order valence-electron chi connectivity index (χ0n) is 11.2. The smallest absolute Gasteiger partial charge is 0.244 e. The van der Waals surface area contributed by atoms with Crippen LogP contribution in [-0.4, -0.2) is 34.8 Å². The predicted octanol–water partition coefficient (Wildman–Crippen LogP) is 1.43. The minimum absolute atomic E-state index is 0. The number of nitrogens with one attached hydrogen (secondary N) is 1. The van der Waals surface area contributed by atoms with Crippen LogP contribution in [0.25, 0.3) is 0 Å². The van der Waals surface area contributed by atoms with Gasteiger partial charge in [0.2, 0.25) is 11.8 Å². The molecule has 110 valence electrons. The van der Waals surface area contributed by atoms with Crippen molar-refractivity contribution < 1.29 is 9.59 Å². The molecule has 6 nitrogen and oxygen atoms in total. The molecule has 1 fully saturated rings. The number of likely N-dealkylation sites (tertiary alicyclic amines) is 1. The molecule has 3 N–H and O–H groups in total. The van der Waals surface area contributed by atoms with Crippen molar-refractivity contribution in [2.24, 2.45) is 0 Å². The van der Waals surface area contributed by atoms with Crippen molar-refractivity contribution in [3.8, 4) is 0 Å². The Morgan fingerprint density at radius 3 is 2.85 bits per heavy atom. The molecule has 2 heterocycles. The van der Waals surface area contributed by atoms with Crippen molar-refractivity contribution in [2.75, 3.05) is 24.1 Å². The highest BCUT2D eigenvalue weighted by atomic mass is 35.5. The third kappa shape index (κ3) is 4.70. The van der Waals surface area contributed by atoms with Crippen molar-refractivity contribution in [1.29, 1.82) is 0 Å². The summed E-state index contributed by atoms with van der Waals surface area (Å²) in [6.07, 6.45) is 4.96. The van der Waals surface area contributed by atoms with Gasteiger partial charge < -0.3 is 16.0 Å². The van der Waals surface area contributed by atoms with Gasteiger partial charge in [0.15, 0.2) is 0 Å². The fourth-order valence-electron chi connectivity index (χ4n) is 2.06. The number of amides is 2. The van der Waals surface area contributed by atoms with Crippen LogP contribution in [-0.2, 0) is 9.59 Å². The highest BCUT2D eigenvalue weighted by Crippen LogP contribution is 2.11. The van der Waals surface area contributed by atoms with E-state index in [1.165, 1.54) is 6.20 Å². The number of pyridine rings is 1. The number of anilines is 2. The van der Waals surface area contributed by atoms with Crippen LogP contribution in [0.1, 0.15) is 25.7 Å². The first-order valence-corrected chi connectivity index (χ1v) is 6.44. The summed E-state index contributed by atoms with van der Waals surface area (Å²) < 4.78 is 0. The van der Waals surface area contributed by atoms with Crippen LogP contribution >= 0.6 is 12.4 Å². The van der Waals surface area contributed by atoms with E-state index < -0.39 is 0 Å². The highest BCUT2D eigenvalue weighted by molar-refractivity contribution is 5.94. The summed E-state index contributed by atoms with van der Waals surface area (Å²) in [5, 5.41) is 2.71. The fraction of sp³-hybridized carbons (Fsp3) is 0.462. The number of carbonyl (C=O) groups is 2. The molecule has 1 saturated heterocycles. The van der Waals surface area contributed by atoms with E-state index in [4.69, 9.17) is 5.73 Å². The first-order valence-electron chi connectivity index (χ1n) is 6.44. The SMILES string of the molecule is Cl.Nc1ccc(NC(=O)CN2CCCCCC2=O)cn1. The Morgan fingerprint density at radius 1 is 1.35 bits per heavy atom. The van der Waals surface area contributed by atoms with Crippen LogP contribution < -0.4 is 11.1 Å². The van der Waals surface area contributed by atoms with E-state index >= 15 is 0 Å². The van der Waals surface area contributed by atoms with Crippen molar-refractivity contribution in [2.45, 2.75) is 25.7 Å². The van der Waals surface area contributed by atoms with Crippen LogP contribution in [0.5, 0.6) is 0 Å². The van der Waals surface area contributed by atoms with Crippen molar-refractivity contribution >= 4 is 35.7 Å². The van der Waals surface area contributed by atoms with Gasteiger partial charge in [-0.15, -0.1) is 12.4 Å². The number of nitrogens with two attached hydrogens (primary N) is 1. The average molecular weight is 299 g/mol. The summed E-state index contributed by atoms with van der Waals surface area (Å²) >= 11 is 0. The molecular weight excluding hydrogens is 280 g/mol. The van der Waals surface area contributed by atoms with Gasteiger partial charge in [0, 0.05) is 13.0 Å². The van der Waals surface area contributed by atoms with Crippen molar-refractivity contribution in [3.05, 3.63) is 18.3 Å². The first-order chi connectivity index (χ1) is 9.15. The van der Waals surface area contributed by atoms with Crippen LogP contribution in [0.3, 0.4) is 0 Å². The van der Waals surface area contributed by atoms with Gasteiger partial charge in [0.1, 0.15) is 5.82 Å². The largest absolute Gasteiger partial charge is 0.384 e. The maximum atomic E-state index is 11.9. The number of hydrogen-bond donors (Lipinski definition) is 2. The third-order valence-corrected chi connectivity index (χ3v) is 3.08. The molecule has 1 aliphatic rings. The molecule has 0 aliphatic carbocycles. The normalized spacial score (nSPS) is 15.2. The Kier molecular flexibility index (Phi) is 6.24. The van der Waals surface area contributed by atoms with Gasteiger partial charge in [0.05, 0.1) is 18.4 Å². The summed E-state index contributed by atoms with van der Waals surface area (Å²) in [5.41, 5.74) is 6.05. The number of hydrogen-bond acceptors (Lipinski definition) is 4. The summed E-state index contributed by atoms with van der Waals surface area (Å²) in [5.74, 6) is 0.255. The minimum Gasteiger partial charge on any atom is -0.384 e. The molecule has 1 aromatic rings. The second-order valence-electron chi connectivity index (χ2n) is 4.65. The lowest BCUT2D eigenvalue weighted by Gasteiger charge is -2.19. The van der Waals surface area contributed by atoms with E-state index in [0.717, 1.165) is 19.3 Å². The Balaban J connectivity index is 0.00000200. The number of nitrogen functional groups attached to an aromatic ring is 1. The number of aromatic nitrogens is 1. The molecule has 7 heteroatoms. The van der Waals surface area contributed by atoms with E-state index in [2.05, 4.69) is 10.3 Å². The van der Waals surface area contributed by atoms with E-state index in [-0.39, 0.29) is 30.8 Å². The molecule has 0 radical (unpaired) electrons. The summed E-state index contributed by atoms with van der Waals surface area (Å²) in [6.45, 7) is 0.759. The van der Waals surface area contributed by atoms with Gasteiger partial charge in [-0.3, -0.25) is 9.59 Å². The number of halogens is 1. The Morgan fingerprint density at radius 2 is 2.15 bits per heavy atom. The summed E-state index contributed by atoms with van der Waals surface area (Å²) in [4.78, 5) is 29.1.